The maximum atomic E-state index is 11.8. The molecule has 9 heteroatoms. The van der Waals surface area contributed by atoms with E-state index in [4.69, 9.17) is 4.74 Å². The molecule has 0 aromatic carbocycles. The average molecular weight is 370 g/mol. The summed E-state index contributed by atoms with van der Waals surface area (Å²) in [5.74, 6) is -2.15. The number of hydrogen-bond donors (Lipinski definition) is 2. The van der Waals surface area contributed by atoms with E-state index in [1.807, 2.05) is 13.8 Å². The summed E-state index contributed by atoms with van der Waals surface area (Å²) < 4.78 is 9.41. The van der Waals surface area contributed by atoms with Crippen LogP contribution < -0.4 is 10.6 Å². The molecule has 0 spiro atoms. The van der Waals surface area contributed by atoms with Gasteiger partial charge in [-0.2, -0.15) is 0 Å². The van der Waals surface area contributed by atoms with Gasteiger partial charge < -0.3 is 20.1 Å². The molecule has 0 aliphatic carbocycles. The van der Waals surface area contributed by atoms with E-state index in [2.05, 4.69) is 15.4 Å². The van der Waals surface area contributed by atoms with E-state index in [0.717, 1.165) is 0 Å². The summed E-state index contributed by atoms with van der Waals surface area (Å²) in [6.07, 6.45) is 0.406. The zero-order valence-electron chi connectivity index (χ0n) is 14.4. The van der Waals surface area contributed by atoms with Gasteiger partial charge in [-0.05, 0) is 23.8 Å². The first-order valence-electron chi connectivity index (χ1n) is 7.68. The Morgan fingerprint density at radius 3 is 2.52 bits per heavy atom. The van der Waals surface area contributed by atoms with E-state index in [9.17, 15) is 19.2 Å². The number of carbonyl (C=O) groups excluding carboxylic acids is 4. The Hall–Kier alpha value is -2.42. The van der Waals surface area contributed by atoms with Crippen molar-refractivity contribution < 1.29 is 28.7 Å². The van der Waals surface area contributed by atoms with Crippen LogP contribution in [0, 0.1) is 5.92 Å². The summed E-state index contributed by atoms with van der Waals surface area (Å²) in [5, 5.41) is 6.60. The molecule has 1 atom stereocenters. The number of thiophene rings is 1. The van der Waals surface area contributed by atoms with Gasteiger partial charge in [0.05, 0.1) is 12.0 Å². The van der Waals surface area contributed by atoms with Crippen LogP contribution in [0.2, 0.25) is 0 Å². The lowest BCUT2D eigenvalue weighted by atomic mass is 10.0. The number of hydrogen-bond acceptors (Lipinski definition) is 7. The third-order valence-electron chi connectivity index (χ3n) is 3.03. The predicted molar refractivity (Wildman–Crippen MR) is 91.0 cm³/mol. The van der Waals surface area contributed by atoms with Crippen molar-refractivity contribution in [2.75, 3.05) is 20.3 Å². The summed E-state index contributed by atoms with van der Waals surface area (Å²) in [6, 6.07) is 2.55. The van der Waals surface area contributed by atoms with Crippen molar-refractivity contribution >= 4 is 35.1 Å². The smallest absolute Gasteiger partial charge is 0.328 e. The highest BCUT2D eigenvalue weighted by atomic mass is 32.1. The zero-order valence-corrected chi connectivity index (χ0v) is 15.2. The van der Waals surface area contributed by atoms with Crippen molar-refractivity contribution in [1.82, 2.24) is 10.6 Å². The number of nitrogens with one attached hydrogen (secondary N) is 2. The van der Waals surface area contributed by atoms with Crippen LogP contribution in [0.25, 0.3) is 0 Å². The molecule has 0 radical (unpaired) electrons. The van der Waals surface area contributed by atoms with E-state index in [1.165, 1.54) is 18.4 Å². The number of amides is 2. The van der Waals surface area contributed by atoms with E-state index >= 15 is 0 Å². The molecular formula is C16H22N2O6S. The van der Waals surface area contributed by atoms with Crippen LogP contribution in [-0.2, 0) is 23.9 Å². The highest BCUT2D eigenvalue weighted by Crippen LogP contribution is 2.07. The van der Waals surface area contributed by atoms with E-state index < -0.39 is 30.5 Å². The lowest BCUT2D eigenvalue weighted by Crippen LogP contribution is -2.44. The summed E-state index contributed by atoms with van der Waals surface area (Å²) in [4.78, 5) is 47.1. The zero-order chi connectivity index (χ0) is 18.8. The minimum absolute atomic E-state index is 0.166. The number of methoxy groups -OCH3 is 1. The molecule has 1 rings (SSSR count). The molecule has 8 nitrogen and oxygen atoms in total. The van der Waals surface area contributed by atoms with Crippen LogP contribution in [0.1, 0.15) is 29.9 Å². The lowest BCUT2D eigenvalue weighted by Gasteiger charge is -2.18. The average Bonchev–Trinajstić information content (AvgIpc) is 3.10. The number of esters is 2. The van der Waals surface area contributed by atoms with Crippen molar-refractivity contribution in [2.24, 2.45) is 5.92 Å². The normalized spacial score (nSPS) is 11.5. The van der Waals surface area contributed by atoms with E-state index in [-0.39, 0.29) is 18.4 Å². The summed E-state index contributed by atoms with van der Waals surface area (Å²) in [6.45, 7) is 2.91. The van der Waals surface area contributed by atoms with Crippen LogP contribution in [0.15, 0.2) is 17.5 Å². The first kappa shape index (κ1) is 20.6. The van der Waals surface area contributed by atoms with Crippen LogP contribution in [-0.4, -0.2) is 50.1 Å². The fourth-order valence-corrected chi connectivity index (χ4v) is 2.55. The molecule has 1 aromatic heterocycles. The predicted octanol–water partition coefficient (Wildman–Crippen LogP) is 0.725. The molecule has 1 aromatic rings. The van der Waals surface area contributed by atoms with Crippen LogP contribution in [0.3, 0.4) is 0 Å². The second-order valence-electron chi connectivity index (χ2n) is 5.59. The fourth-order valence-electron chi connectivity index (χ4n) is 1.91. The van der Waals surface area contributed by atoms with E-state index in [0.29, 0.717) is 11.3 Å². The van der Waals surface area contributed by atoms with Gasteiger partial charge in [-0.15, -0.1) is 11.3 Å². The summed E-state index contributed by atoms with van der Waals surface area (Å²) >= 11 is 1.25. The molecule has 0 bridgehead atoms. The molecule has 2 N–H and O–H groups in total. The van der Waals surface area contributed by atoms with Crippen molar-refractivity contribution in [3.05, 3.63) is 22.4 Å². The monoisotopic (exact) mass is 370 g/mol. The molecule has 0 aliphatic heterocycles. The maximum absolute atomic E-state index is 11.8. The summed E-state index contributed by atoms with van der Waals surface area (Å²) in [5.41, 5.74) is 0. The number of carbonyl (C=O) groups is 4. The van der Waals surface area contributed by atoms with Crippen molar-refractivity contribution in [3.63, 3.8) is 0 Å². The first-order valence-corrected chi connectivity index (χ1v) is 8.56. The van der Waals surface area contributed by atoms with Crippen LogP contribution in [0.5, 0.6) is 0 Å². The molecular weight excluding hydrogens is 348 g/mol. The van der Waals surface area contributed by atoms with Gasteiger partial charge in [0.1, 0.15) is 12.6 Å². The van der Waals surface area contributed by atoms with Crippen molar-refractivity contribution in [3.8, 4) is 0 Å². The molecule has 138 valence electrons. The van der Waals surface area contributed by atoms with Gasteiger partial charge in [-0.25, -0.2) is 4.79 Å². The van der Waals surface area contributed by atoms with Gasteiger partial charge in [0.2, 0.25) is 0 Å². The van der Waals surface area contributed by atoms with E-state index in [1.54, 1.807) is 17.5 Å². The largest absolute Gasteiger partial charge is 0.467 e. The minimum Gasteiger partial charge on any atom is -0.467 e. The van der Waals surface area contributed by atoms with Crippen LogP contribution >= 0.6 is 11.3 Å². The quantitative estimate of drug-likeness (QED) is 0.620. The maximum Gasteiger partial charge on any atom is 0.328 e. The van der Waals surface area contributed by atoms with Gasteiger partial charge >= 0.3 is 11.9 Å². The molecule has 2 amide bonds. The highest BCUT2D eigenvalue weighted by Gasteiger charge is 2.23. The Morgan fingerprint density at radius 2 is 1.96 bits per heavy atom. The Morgan fingerprint density at radius 1 is 1.24 bits per heavy atom. The Labute approximate surface area is 149 Å². The molecule has 0 aliphatic rings. The van der Waals surface area contributed by atoms with Gasteiger partial charge in [0.25, 0.3) is 11.8 Å². The standard InChI is InChI=1S/C16H22N2O6S/c1-10(2)7-11(16(22)23-3)18-13(19)9-24-14(20)8-17-15(21)12-5-4-6-25-12/h4-6,10-11H,7-9H2,1-3H3,(H,17,21)(H,18,19)/t11-/m0/s1. The molecule has 1 heterocycles. The minimum atomic E-state index is -0.797. The summed E-state index contributed by atoms with van der Waals surface area (Å²) in [7, 11) is 1.23. The number of ether oxygens (including phenoxy) is 2. The fraction of sp³-hybridized carbons (Fsp3) is 0.500. The second-order valence-corrected chi connectivity index (χ2v) is 6.54. The Bertz CT molecular complexity index is 600. The van der Waals surface area contributed by atoms with Crippen LogP contribution in [0.4, 0.5) is 0 Å². The van der Waals surface area contributed by atoms with Gasteiger partial charge in [-0.3, -0.25) is 14.4 Å². The highest BCUT2D eigenvalue weighted by molar-refractivity contribution is 7.12. The molecule has 0 unspecified atom stereocenters. The second kappa shape index (κ2) is 10.4. The Kier molecular flexibility index (Phi) is 8.62. The van der Waals surface area contributed by atoms with Gasteiger partial charge in [0, 0.05) is 0 Å². The topological polar surface area (TPSA) is 111 Å². The molecule has 25 heavy (non-hydrogen) atoms. The number of rotatable bonds is 9. The van der Waals surface area contributed by atoms with Crippen molar-refractivity contribution in [1.29, 1.82) is 0 Å². The van der Waals surface area contributed by atoms with Gasteiger partial charge in [0.15, 0.2) is 6.61 Å². The Balaban J connectivity index is 2.35. The SMILES string of the molecule is COC(=O)[C@H](CC(C)C)NC(=O)COC(=O)CNC(=O)c1cccs1. The third kappa shape index (κ3) is 7.79. The molecule has 0 saturated carbocycles. The third-order valence-corrected chi connectivity index (χ3v) is 3.90. The molecule has 0 fully saturated rings. The lowest BCUT2D eigenvalue weighted by molar-refractivity contribution is -0.149. The van der Waals surface area contributed by atoms with Gasteiger partial charge in [-0.1, -0.05) is 19.9 Å². The first-order chi connectivity index (χ1) is 11.8. The molecule has 0 saturated heterocycles. The van der Waals surface area contributed by atoms with Crippen molar-refractivity contribution in [2.45, 2.75) is 26.3 Å².